The van der Waals surface area contributed by atoms with Gasteiger partial charge in [-0.05, 0) is 43.7 Å². The minimum Gasteiger partial charge on any atom is -0.335 e. The van der Waals surface area contributed by atoms with Crippen molar-refractivity contribution in [3.8, 4) is 0 Å². The maximum atomic E-state index is 12.8. The maximum absolute atomic E-state index is 12.8. The minimum absolute atomic E-state index is 0.111. The summed E-state index contributed by atoms with van der Waals surface area (Å²) in [5.41, 5.74) is -0.0513. The lowest BCUT2D eigenvalue weighted by molar-refractivity contribution is -0.385. The van der Waals surface area contributed by atoms with Crippen LogP contribution in [0.2, 0.25) is 5.02 Å². The van der Waals surface area contributed by atoms with Gasteiger partial charge in [0.05, 0.1) is 4.92 Å². The third-order valence-corrected chi connectivity index (χ3v) is 4.87. The molecular formula is C15H17ClN2O3. The first-order valence-corrected chi connectivity index (χ1v) is 7.70. The standard InChI is InChI=1S/C15H17ClN2O3/c16-11-6-7-14(18(20)21)12(9-11)15(19)17-8-2-4-10-3-1-5-13(10)17/h6-7,9-10,13H,1-5,8H2. The summed E-state index contributed by atoms with van der Waals surface area (Å²) in [5, 5.41) is 11.5. The number of nitrogens with zero attached hydrogens (tertiary/aromatic N) is 2. The van der Waals surface area contributed by atoms with Crippen LogP contribution in [0, 0.1) is 16.0 Å². The molecule has 2 fully saturated rings. The maximum Gasteiger partial charge on any atom is 0.282 e. The van der Waals surface area contributed by atoms with Crippen molar-refractivity contribution in [2.24, 2.45) is 5.92 Å². The number of nitro groups is 1. The van der Waals surface area contributed by atoms with E-state index in [0.717, 1.165) is 32.1 Å². The number of hydrogen-bond acceptors (Lipinski definition) is 3. The Morgan fingerprint density at radius 1 is 1.29 bits per heavy atom. The molecule has 1 heterocycles. The number of carbonyl (C=O) groups is 1. The Bertz CT molecular complexity index is 590. The Morgan fingerprint density at radius 3 is 2.81 bits per heavy atom. The quantitative estimate of drug-likeness (QED) is 0.619. The SMILES string of the molecule is O=C(c1cc(Cl)ccc1[N+](=O)[O-])N1CCCC2CCCC21. The number of halogens is 1. The van der Waals surface area contributed by atoms with Gasteiger partial charge < -0.3 is 4.90 Å². The van der Waals surface area contributed by atoms with Crippen LogP contribution in [0.4, 0.5) is 5.69 Å². The van der Waals surface area contributed by atoms with Gasteiger partial charge in [0.25, 0.3) is 11.6 Å². The van der Waals surface area contributed by atoms with E-state index in [0.29, 0.717) is 17.5 Å². The van der Waals surface area contributed by atoms with Gasteiger partial charge in [-0.1, -0.05) is 18.0 Å². The Morgan fingerprint density at radius 2 is 2.05 bits per heavy atom. The molecule has 2 unspecified atom stereocenters. The summed E-state index contributed by atoms with van der Waals surface area (Å²) >= 11 is 5.92. The largest absolute Gasteiger partial charge is 0.335 e. The van der Waals surface area contributed by atoms with E-state index < -0.39 is 4.92 Å². The fourth-order valence-electron chi connectivity index (χ4n) is 3.70. The lowest BCUT2D eigenvalue weighted by Crippen LogP contribution is -2.46. The molecule has 2 aliphatic rings. The van der Waals surface area contributed by atoms with Crippen LogP contribution < -0.4 is 0 Å². The predicted molar refractivity (Wildman–Crippen MR) is 79.5 cm³/mol. The molecule has 1 saturated heterocycles. The molecule has 3 rings (SSSR count). The third-order valence-electron chi connectivity index (χ3n) is 4.64. The highest BCUT2D eigenvalue weighted by Crippen LogP contribution is 2.38. The van der Waals surface area contributed by atoms with Crippen molar-refractivity contribution in [1.29, 1.82) is 0 Å². The number of hydrogen-bond donors (Lipinski definition) is 0. The normalized spacial score (nSPS) is 24.7. The molecule has 6 heteroatoms. The van der Waals surface area contributed by atoms with Gasteiger partial charge in [-0.3, -0.25) is 14.9 Å². The van der Waals surface area contributed by atoms with Gasteiger partial charge in [-0.25, -0.2) is 0 Å². The molecule has 0 N–H and O–H groups in total. The first-order valence-electron chi connectivity index (χ1n) is 7.33. The van der Waals surface area contributed by atoms with Crippen LogP contribution in [0.3, 0.4) is 0 Å². The Kier molecular flexibility index (Phi) is 3.85. The zero-order valence-electron chi connectivity index (χ0n) is 11.6. The number of piperidine rings is 1. The molecule has 0 aromatic heterocycles. The van der Waals surface area contributed by atoms with Gasteiger partial charge in [0, 0.05) is 23.7 Å². The molecular weight excluding hydrogens is 292 g/mol. The van der Waals surface area contributed by atoms with Crippen molar-refractivity contribution < 1.29 is 9.72 Å². The lowest BCUT2D eigenvalue weighted by atomic mass is 9.91. The van der Waals surface area contributed by atoms with Crippen molar-refractivity contribution in [3.63, 3.8) is 0 Å². The summed E-state index contributed by atoms with van der Waals surface area (Å²) in [7, 11) is 0. The molecule has 0 bridgehead atoms. The Balaban J connectivity index is 1.94. The van der Waals surface area contributed by atoms with E-state index in [1.165, 1.54) is 18.2 Å². The first-order chi connectivity index (χ1) is 10.1. The fraction of sp³-hybridized carbons (Fsp3) is 0.533. The van der Waals surface area contributed by atoms with Gasteiger partial charge in [0.1, 0.15) is 5.56 Å². The summed E-state index contributed by atoms with van der Waals surface area (Å²) in [5.74, 6) is 0.307. The summed E-state index contributed by atoms with van der Waals surface area (Å²) in [6.45, 7) is 0.684. The summed E-state index contributed by atoms with van der Waals surface area (Å²) < 4.78 is 0. The van der Waals surface area contributed by atoms with E-state index in [-0.39, 0.29) is 23.2 Å². The smallest absolute Gasteiger partial charge is 0.282 e. The molecule has 0 spiro atoms. The minimum atomic E-state index is -0.514. The number of benzene rings is 1. The van der Waals surface area contributed by atoms with Crippen molar-refractivity contribution in [1.82, 2.24) is 4.90 Å². The van der Waals surface area contributed by atoms with E-state index in [4.69, 9.17) is 11.6 Å². The third kappa shape index (κ3) is 2.62. The second-order valence-corrected chi connectivity index (χ2v) is 6.25. The predicted octanol–water partition coefficient (Wildman–Crippen LogP) is 3.65. The molecule has 5 nitrogen and oxygen atoms in total. The topological polar surface area (TPSA) is 63.4 Å². The van der Waals surface area contributed by atoms with Crippen molar-refractivity contribution in [2.45, 2.75) is 38.1 Å². The zero-order valence-corrected chi connectivity index (χ0v) is 12.4. The highest BCUT2D eigenvalue weighted by atomic mass is 35.5. The van der Waals surface area contributed by atoms with Crippen LogP contribution in [-0.4, -0.2) is 28.3 Å². The molecule has 1 aromatic rings. The number of amides is 1. The second kappa shape index (κ2) is 5.64. The van der Waals surface area contributed by atoms with E-state index >= 15 is 0 Å². The second-order valence-electron chi connectivity index (χ2n) is 5.82. The highest BCUT2D eigenvalue weighted by molar-refractivity contribution is 6.31. The Labute approximate surface area is 128 Å². The monoisotopic (exact) mass is 308 g/mol. The van der Waals surface area contributed by atoms with Gasteiger partial charge >= 0.3 is 0 Å². The number of nitro benzene ring substituents is 1. The zero-order chi connectivity index (χ0) is 15.0. The molecule has 1 aliphatic heterocycles. The van der Waals surface area contributed by atoms with E-state index in [2.05, 4.69) is 0 Å². The number of rotatable bonds is 2. The average Bonchev–Trinajstić information content (AvgIpc) is 2.94. The van der Waals surface area contributed by atoms with Crippen LogP contribution in [0.15, 0.2) is 18.2 Å². The number of fused-ring (bicyclic) bond motifs is 1. The highest BCUT2D eigenvalue weighted by Gasteiger charge is 2.39. The van der Waals surface area contributed by atoms with E-state index in [1.54, 1.807) is 0 Å². The Hall–Kier alpha value is -1.62. The van der Waals surface area contributed by atoms with Crippen molar-refractivity contribution in [2.75, 3.05) is 6.54 Å². The van der Waals surface area contributed by atoms with Crippen LogP contribution in [0.25, 0.3) is 0 Å². The lowest BCUT2D eigenvalue weighted by Gasteiger charge is -2.37. The fourth-order valence-corrected chi connectivity index (χ4v) is 3.87. The van der Waals surface area contributed by atoms with Crippen molar-refractivity contribution >= 4 is 23.2 Å². The first kappa shape index (κ1) is 14.3. The number of carbonyl (C=O) groups excluding carboxylic acids is 1. The molecule has 1 amide bonds. The average molecular weight is 309 g/mol. The molecule has 21 heavy (non-hydrogen) atoms. The summed E-state index contributed by atoms with van der Waals surface area (Å²) in [6, 6.07) is 4.42. The van der Waals surface area contributed by atoms with E-state index in [9.17, 15) is 14.9 Å². The van der Waals surface area contributed by atoms with Crippen LogP contribution in [0.1, 0.15) is 42.5 Å². The van der Waals surface area contributed by atoms with E-state index in [1.807, 2.05) is 4.90 Å². The van der Waals surface area contributed by atoms with Crippen LogP contribution >= 0.6 is 11.6 Å². The van der Waals surface area contributed by atoms with Gasteiger partial charge in [0.15, 0.2) is 0 Å². The van der Waals surface area contributed by atoms with Gasteiger partial charge in [-0.15, -0.1) is 0 Å². The van der Waals surface area contributed by atoms with Crippen molar-refractivity contribution in [3.05, 3.63) is 38.9 Å². The summed E-state index contributed by atoms with van der Waals surface area (Å²) in [6.07, 6.45) is 5.43. The molecule has 1 aromatic carbocycles. The van der Waals surface area contributed by atoms with Crippen LogP contribution in [0.5, 0.6) is 0 Å². The van der Waals surface area contributed by atoms with Crippen LogP contribution in [-0.2, 0) is 0 Å². The van der Waals surface area contributed by atoms with Gasteiger partial charge in [-0.2, -0.15) is 0 Å². The molecule has 112 valence electrons. The molecule has 1 saturated carbocycles. The molecule has 1 aliphatic carbocycles. The summed E-state index contributed by atoms with van der Waals surface area (Å²) in [4.78, 5) is 25.2. The van der Waals surface area contributed by atoms with Gasteiger partial charge in [0.2, 0.25) is 0 Å². The molecule has 0 radical (unpaired) electrons. The number of likely N-dealkylation sites (tertiary alicyclic amines) is 1. The molecule has 2 atom stereocenters.